The molecule has 3 nitrogen and oxygen atoms in total. The summed E-state index contributed by atoms with van der Waals surface area (Å²) in [6, 6.07) is 33.5. The second-order valence-corrected chi connectivity index (χ2v) is 14.2. The standard InChI is InChI=1S/C42H30BNO2/c1-21-17-22(2)37(23(3)18-21)43-29-14-10-13-27-38(29)44-39-28(42(27,4)5)19-26-24-11-6-8-15-31(24)46-41(26)36(39)35-34-25-12-7-9-16-32(25)45-33(34)20-30(43)40(35)44/h6-20H,1-5H3. The van der Waals surface area contributed by atoms with Gasteiger partial charge in [-0.1, -0.05) is 103 Å². The van der Waals surface area contributed by atoms with Gasteiger partial charge in [0.25, 0.3) is 0 Å². The predicted octanol–water partition coefficient (Wildman–Crippen LogP) is 8.98. The Morgan fingerprint density at radius 1 is 0.587 bits per heavy atom. The Bertz CT molecular complexity index is 2850. The quantitative estimate of drug-likeness (QED) is 0.179. The van der Waals surface area contributed by atoms with Crippen molar-refractivity contribution in [2.75, 3.05) is 0 Å². The lowest BCUT2D eigenvalue weighted by atomic mass is 9.34. The highest BCUT2D eigenvalue weighted by Crippen LogP contribution is 2.53. The molecular weight excluding hydrogens is 561 g/mol. The van der Waals surface area contributed by atoms with Crippen LogP contribution >= 0.6 is 0 Å². The van der Waals surface area contributed by atoms with E-state index in [9.17, 15) is 0 Å². The Balaban J connectivity index is 1.50. The molecule has 5 heterocycles. The molecule has 4 heteroatoms. The molecule has 0 saturated heterocycles. The van der Waals surface area contributed by atoms with Gasteiger partial charge in [-0.2, -0.15) is 0 Å². The van der Waals surface area contributed by atoms with Crippen LogP contribution in [-0.4, -0.2) is 11.3 Å². The molecule has 3 aromatic heterocycles. The minimum absolute atomic E-state index is 0.0657. The van der Waals surface area contributed by atoms with Crippen molar-refractivity contribution >= 4 is 88.8 Å². The number of aromatic nitrogens is 1. The van der Waals surface area contributed by atoms with Gasteiger partial charge >= 0.3 is 0 Å². The molecule has 0 amide bonds. The van der Waals surface area contributed by atoms with Gasteiger partial charge in [-0.25, -0.2) is 0 Å². The molecule has 0 radical (unpaired) electrons. The Morgan fingerprint density at radius 2 is 1.30 bits per heavy atom. The van der Waals surface area contributed by atoms with Gasteiger partial charge in [0, 0.05) is 38.0 Å². The van der Waals surface area contributed by atoms with Crippen LogP contribution in [-0.2, 0) is 5.41 Å². The third-order valence-electron chi connectivity index (χ3n) is 11.3. The summed E-state index contributed by atoms with van der Waals surface area (Å²) in [7, 11) is 0. The molecule has 0 unspecified atom stereocenters. The van der Waals surface area contributed by atoms with Crippen LogP contribution in [0.15, 0.2) is 99.8 Å². The van der Waals surface area contributed by atoms with Crippen molar-refractivity contribution in [1.82, 2.24) is 4.57 Å². The average molecular weight is 592 g/mol. The Kier molecular flexibility index (Phi) is 4.32. The summed E-state index contributed by atoms with van der Waals surface area (Å²) in [4.78, 5) is 0. The maximum atomic E-state index is 6.88. The van der Waals surface area contributed by atoms with Crippen LogP contribution in [0.25, 0.3) is 71.4 Å². The van der Waals surface area contributed by atoms with Crippen molar-refractivity contribution in [3.05, 3.63) is 119 Å². The summed E-state index contributed by atoms with van der Waals surface area (Å²) in [5.41, 5.74) is 18.1. The fourth-order valence-electron chi connectivity index (χ4n) is 9.54. The van der Waals surface area contributed by atoms with Gasteiger partial charge in [0.15, 0.2) is 0 Å². The summed E-state index contributed by atoms with van der Waals surface area (Å²) in [6.45, 7) is 11.6. The number of rotatable bonds is 1. The van der Waals surface area contributed by atoms with Crippen LogP contribution in [0.3, 0.4) is 0 Å². The maximum Gasteiger partial charge on any atom is 0.247 e. The van der Waals surface area contributed by atoms with Gasteiger partial charge in [0.05, 0.1) is 16.4 Å². The van der Waals surface area contributed by atoms with E-state index in [2.05, 4.69) is 130 Å². The minimum atomic E-state index is -0.225. The van der Waals surface area contributed by atoms with E-state index in [0.717, 1.165) is 33.1 Å². The zero-order valence-electron chi connectivity index (χ0n) is 26.5. The smallest absolute Gasteiger partial charge is 0.247 e. The van der Waals surface area contributed by atoms with Gasteiger partial charge in [0.2, 0.25) is 6.71 Å². The average Bonchev–Trinajstić information content (AvgIpc) is 3.70. The van der Waals surface area contributed by atoms with Crippen LogP contribution in [0.5, 0.6) is 0 Å². The number of para-hydroxylation sites is 3. The van der Waals surface area contributed by atoms with E-state index in [0.29, 0.717) is 0 Å². The van der Waals surface area contributed by atoms with E-state index in [1.165, 1.54) is 82.5 Å². The van der Waals surface area contributed by atoms with E-state index in [1.54, 1.807) is 0 Å². The first-order valence-electron chi connectivity index (χ1n) is 16.3. The normalized spacial score (nSPS) is 14.8. The molecule has 46 heavy (non-hydrogen) atoms. The number of nitrogens with zero attached hydrogens (tertiary/aromatic N) is 1. The zero-order chi connectivity index (χ0) is 30.8. The third-order valence-corrected chi connectivity index (χ3v) is 11.3. The van der Waals surface area contributed by atoms with E-state index >= 15 is 0 Å². The van der Waals surface area contributed by atoms with E-state index < -0.39 is 0 Å². The first-order valence-corrected chi connectivity index (χ1v) is 16.3. The molecule has 11 rings (SSSR count). The first kappa shape index (κ1) is 25.0. The lowest BCUT2D eigenvalue weighted by Crippen LogP contribution is -2.58. The number of furan rings is 2. The molecule has 2 aliphatic heterocycles. The number of fused-ring (bicyclic) bond motifs is 9. The highest BCUT2D eigenvalue weighted by molar-refractivity contribution is 6.98. The molecule has 2 aliphatic rings. The number of aryl methyl sites for hydroxylation is 3. The van der Waals surface area contributed by atoms with Crippen molar-refractivity contribution in [1.29, 1.82) is 0 Å². The SMILES string of the molecule is Cc1cc(C)c(B2c3cccc4c3-n3c5c(cc6c7ccccc7oc6c5c5c6c(cc2c53)oc2ccccc26)C4(C)C)c(C)c1. The molecule has 0 spiro atoms. The fourth-order valence-corrected chi connectivity index (χ4v) is 9.54. The fraction of sp³-hybridized carbons (Fsp3) is 0.143. The molecule has 0 fully saturated rings. The van der Waals surface area contributed by atoms with Crippen LogP contribution in [0.4, 0.5) is 0 Å². The van der Waals surface area contributed by atoms with Crippen LogP contribution in [0.2, 0.25) is 0 Å². The zero-order valence-corrected chi connectivity index (χ0v) is 26.5. The van der Waals surface area contributed by atoms with Gasteiger partial charge in [-0.15, -0.1) is 0 Å². The van der Waals surface area contributed by atoms with Crippen molar-refractivity contribution in [3.8, 4) is 5.69 Å². The van der Waals surface area contributed by atoms with Crippen molar-refractivity contribution in [3.63, 3.8) is 0 Å². The lowest BCUT2D eigenvalue weighted by molar-refractivity contribution is 0.631. The summed E-state index contributed by atoms with van der Waals surface area (Å²) >= 11 is 0. The lowest BCUT2D eigenvalue weighted by Gasteiger charge is -2.39. The minimum Gasteiger partial charge on any atom is -0.456 e. The Labute approximate surface area is 266 Å². The van der Waals surface area contributed by atoms with E-state index in [4.69, 9.17) is 8.83 Å². The van der Waals surface area contributed by atoms with Crippen molar-refractivity contribution in [2.45, 2.75) is 40.0 Å². The van der Waals surface area contributed by atoms with Crippen LogP contribution < -0.4 is 16.4 Å². The number of benzene rings is 6. The predicted molar refractivity (Wildman–Crippen MR) is 193 cm³/mol. The third kappa shape index (κ3) is 2.72. The summed E-state index contributed by atoms with van der Waals surface area (Å²) in [5, 5.41) is 7.10. The van der Waals surface area contributed by atoms with Crippen LogP contribution in [0, 0.1) is 20.8 Å². The van der Waals surface area contributed by atoms with Crippen molar-refractivity contribution in [2.24, 2.45) is 0 Å². The molecule has 0 aliphatic carbocycles. The van der Waals surface area contributed by atoms with Gasteiger partial charge < -0.3 is 13.4 Å². The maximum absolute atomic E-state index is 6.88. The van der Waals surface area contributed by atoms with E-state index in [-0.39, 0.29) is 12.1 Å². The van der Waals surface area contributed by atoms with Gasteiger partial charge in [-0.3, -0.25) is 0 Å². The molecule has 0 N–H and O–H groups in total. The molecule has 9 aromatic rings. The molecule has 0 saturated carbocycles. The first-order chi connectivity index (χ1) is 22.3. The summed E-state index contributed by atoms with van der Waals surface area (Å²) in [6.07, 6.45) is 0. The highest BCUT2D eigenvalue weighted by Gasteiger charge is 2.44. The number of hydrogen-bond donors (Lipinski definition) is 0. The Hall–Kier alpha value is -5.22. The topological polar surface area (TPSA) is 31.2 Å². The molecule has 0 bridgehead atoms. The molecular formula is C42H30BNO2. The molecule has 218 valence electrons. The summed E-state index contributed by atoms with van der Waals surface area (Å²) < 4.78 is 16.2. The van der Waals surface area contributed by atoms with E-state index in [1.807, 2.05) is 0 Å². The van der Waals surface area contributed by atoms with Gasteiger partial charge in [-0.05, 0) is 67.1 Å². The monoisotopic (exact) mass is 591 g/mol. The summed E-state index contributed by atoms with van der Waals surface area (Å²) in [5.74, 6) is 0. The molecule has 6 aromatic carbocycles. The largest absolute Gasteiger partial charge is 0.456 e. The second-order valence-electron chi connectivity index (χ2n) is 14.2. The van der Waals surface area contributed by atoms with Crippen molar-refractivity contribution < 1.29 is 8.83 Å². The molecule has 0 atom stereocenters. The second kappa shape index (κ2) is 7.95. The van der Waals surface area contributed by atoms with Crippen LogP contribution in [0.1, 0.15) is 41.7 Å². The number of hydrogen-bond acceptors (Lipinski definition) is 2. The Morgan fingerprint density at radius 3 is 2.09 bits per heavy atom. The van der Waals surface area contributed by atoms with Gasteiger partial charge in [0.1, 0.15) is 22.3 Å². The highest BCUT2D eigenvalue weighted by atomic mass is 16.3.